The van der Waals surface area contributed by atoms with Crippen molar-refractivity contribution in [2.24, 2.45) is 11.5 Å². The topological polar surface area (TPSA) is 125 Å². The van der Waals surface area contributed by atoms with E-state index in [2.05, 4.69) is 0 Å². The second-order valence-electron chi connectivity index (χ2n) is 9.80. The van der Waals surface area contributed by atoms with Crippen LogP contribution in [-0.2, 0) is 15.8 Å². The second kappa shape index (κ2) is 12.3. The van der Waals surface area contributed by atoms with Crippen molar-refractivity contribution in [2.45, 2.75) is 36.3 Å². The smallest absolute Gasteiger partial charge is 0.187 e. The molecule has 4 aromatic carbocycles. The molecule has 7 N–H and O–H groups in total. The number of nitrogen functional groups attached to an aromatic ring is 1. The fourth-order valence-corrected chi connectivity index (χ4v) is 5.52. The molecular formula is C33H37N3O3. The summed E-state index contributed by atoms with van der Waals surface area (Å²) in [5.41, 5.74) is 18.0. The van der Waals surface area contributed by atoms with E-state index in [0.29, 0.717) is 42.0 Å². The van der Waals surface area contributed by atoms with Crippen LogP contribution in [0.2, 0.25) is 0 Å². The van der Waals surface area contributed by atoms with E-state index in [9.17, 15) is 9.90 Å². The normalized spacial score (nSPS) is 13.8. The predicted molar refractivity (Wildman–Crippen MR) is 156 cm³/mol. The number of Topliss-reactive ketones (excluding diaryl/α,β-unsaturated/α-hetero) is 1. The van der Waals surface area contributed by atoms with Gasteiger partial charge in [0, 0.05) is 5.69 Å². The van der Waals surface area contributed by atoms with Crippen molar-refractivity contribution in [3.63, 3.8) is 0 Å². The standard InChI is InChI=1S/C33H37N3O3/c1-39-29-21-17-26(18-22-29)32(24-10-4-2-5-11-24,25-12-6-3-7-13-25)33(38,27-15-19-28(35)20-16-27)31(37)30(36)14-8-9-23-34/h2-7,10-13,15-22,30,38H,8-9,14,23,34-36H2,1H3. The maximum absolute atomic E-state index is 14.7. The monoisotopic (exact) mass is 523 g/mol. The highest BCUT2D eigenvalue weighted by Gasteiger charge is 2.60. The average molecular weight is 524 g/mol. The van der Waals surface area contributed by atoms with Crippen LogP contribution in [0.15, 0.2) is 109 Å². The molecule has 6 heteroatoms. The van der Waals surface area contributed by atoms with Gasteiger partial charge in [-0.3, -0.25) is 4.79 Å². The minimum absolute atomic E-state index is 0.398. The molecule has 4 rings (SSSR count). The molecule has 6 nitrogen and oxygen atoms in total. The van der Waals surface area contributed by atoms with Crippen molar-refractivity contribution in [1.82, 2.24) is 0 Å². The van der Waals surface area contributed by atoms with Crippen LogP contribution in [0.25, 0.3) is 0 Å². The number of unbranched alkanes of at least 4 members (excludes halogenated alkanes) is 1. The first-order valence-electron chi connectivity index (χ1n) is 13.2. The summed E-state index contributed by atoms with van der Waals surface area (Å²) in [6.45, 7) is 0.507. The van der Waals surface area contributed by atoms with Crippen molar-refractivity contribution < 1.29 is 14.6 Å². The molecular weight excluding hydrogens is 486 g/mol. The van der Waals surface area contributed by atoms with E-state index in [1.807, 2.05) is 84.9 Å². The van der Waals surface area contributed by atoms with Gasteiger partial charge in [-0.15, -0.1) is 0 Å². The number of ether oxygens (including phenoxy) is 1. The zero-order valence-electron chi connectivity index (χ0n) is 22.3. The number of ketones is 1. The lowest BCUT2D eigenvalue weighted by atomic mass is 9.55. The van der Waals surface area contributed by atoms with Gasteiger partial charge in [-0.1, -0.05) is 91.3 Å². The Labute approximate surface area is 230 Å². The van der Waals surface area contributed by atoms with Gasteiger partial charge in [0.2, 0.25) is 0 Å². The number of rotatable bonds is 12. The van der Waals surface area contributed by atoms with Gasteiger partial charge in [0.25, 0.3) is 0 Å². The summed E-state index contributed by atoms with van der Waals surface area (Å²) in [5.74, 6) is 0.183. The van der Waals surface area contributed by atoms with Crippen LogP contribution < -0.4 is 21.9 Å². The molecule has 0 spiro atoms. The number of carbonyl (C=O) groups is 1. The summed E-state index contributed by atoms with van der Waals surface area (Å²) < 4.78 is 5.44. The van der Waals surface area contributed by atoms with E-state index in [0.717, 1.165) is 17.5 Å². The molecule has 39 heavy (non-hydrogen) atoms. The number of nitrogens with two attached hydrogens (primary N) is 3. The Bertz CT molecular complexity index is 1300. The summed E-state index contributed by atoms with van der Waals surface area (Å²) in [5, 5.41) is 13.2. The molecule has 0 aliphatic rings. The summed E-state index contributed by atoms with van der Waals surface area (Å²) in [6.07, 6.45) is 1.81. The van der Waals surface area contributed by atoms with Gasteiger partial charge in [-0.2, -0.15) is 0 Å². The van der Waals surface area contributed by atoms with Gasteiger partial charge in [-0.05, 0) is 65.9 Å². The summed E-state index contributed by atoms with van der Waals surface area (Å²) in [4.78, 5) is 14.7. The molecule has 0 amide bonds. The van der Waals surface area contributed by atoms with Crippen molar-refractivity contribution in [3.8, 4) is 5.75 Å². The van der Waals surface area contributed by atoms with Crippen LogP contribution in [0.5, 0.6) is 5.75 Å². The van der Waals surface area contributed by atoms with Crippen LogP contribution in [0.1, 0.15) is 41.5 Å². The lowest BCUT2D eigenvalue weighted by Gasteiger charge is -2.49. The van der Waals surface area contributed by atoms with Crippen LogP contribution in [-0.4, -0.2) is 30.6 Å². The highest BCUT2D eigenvalue weighted by molar-refractivity contribution is 5.96. The Hall–Kier alpha value is -3.97. The molecule has 0 radical (unpaired) electrons. The SMILES string of the molecule is COc1ccc(C(c2ccccc2)(c2ccccc2)C(O)(C(=O)C(N)CCCCN)c2ccc(N)cc2)cc1. The van der Waals surface area contributed by atoms with Crippen molar-refractivity contribution in [3.05, 3.63) is 131 Å². The van der Waals surface area contributed by atoms with Crippen LogP contribution >= 0.6 is 0 Å². The molecule has 2 unspecified atom stereocenters. The first-order chi connectivity index (χ1) is 18.9. The Kier molecular flexibility index (Phi) is 8.82. The van der Waals surface area contributed by atoms with E-state index in [1.165, 1.54) is 0 Å². The van der Waals surface area contributed by atoms with E-state index in [-0.39, 0.29) is 0 Å². The fraction of sp³-hybridized carbons (Fsp3) is 0.242. The molecule has 0 aromatic heterocycles. The number of benzene rings is 4. The van der Waals surface area contributed by atoms with Crippen molar-refractivity contribution >= 4 is 11.5 Å². The Balaban J connectivity index is 2.13. The molecule has 202 valence electrons. The maximum atomic E-state index is 14.7. The highest BCUT2D eigenvalue weighted by Crippen LogP contribution is 2.53. The number of aliphatic hydroxyl groups is 1. The summed E-state index contributed by atoms with van der Waals surface area (Å²) in [7, 11) is 1.60. The number of hydrogen-bond donors (Lipinski definition) is 4. The minimum atomic E-state index is -2.11. The predicted octanol–water partition coefficient (Wildman–Crippen LogP) is 4.53. The molecule has 4 aromatic rings. The van der Waals surface area contributed by atoms with Crippen LogP contribution in [0, 0.1) is 0 Å². The molecule has 0 fully saturated rings. The molecule has 0 heterocycles. The van der Waals surface area contributed by atoms with Crippen molar-refractivity contribution in [2.75, 3.05) is 19.4 Å². The third-order valence-electron chi connectivity index (χ3n) is 7.47. The molecule has 0 aliphatic carbocycles. The van der Waals surface area contributed by atoms with Gasteiger partial charge in [0.05, 0.1) is 18.6 Å². The quantitative estimate of drug-likeness (QED) is 0.123. The van der Waals surface area contributed by atoms with E-state index in [1.54, 1.807) is 31.4 Å². The second-order valence-corrected chi connectivity index (χ2v) is 9.80. The lowest BCUT2D eigenvalue weighted by Crippen LogP contribution is -2.60. The average Bonchev–Trinajstić information content (AvgIpc) is 2.99. The molecule has 0 bridgehead atoms. The first kappa shape index (κ1) is 28.0. The fourth-order valence-electron chi connectivity index (χ4n) is 5.52. The Morgan fingerprint density at radius 1 is 0.769 bits per heavy atom. The number of anilines is 1. The van der Waals surface area contributed by atoms with Crippen LogP contribution in [0.4, 0.5) is 5.69 Å². The maximum Gasteiger partial charge on any atom is 0.187 e. The van der Waals surface area contributed by atoms with Gasteiger partial charge in [0.15, 0.2) is 11.4 Å². The van der Waals surface area contributed by atoms with Gasteiger partial charge < -0.3 is 27.0 Å². The number of carbonyl (C=O) groups excluding carboxylic acids is 1. The lowest BCUT2D eigenvalue weighted by molar-refractivity contribution is -0.145. The minimum Gasteiger partial charge on any atom is -0.497 e. The van der Waals surface area contributed by atoms with Gasteiger partial charge >= 0.3 is 0 Å². The molecule has 2 atom stereocenters. The first-order valence-corrected chi connectivity index (χ1v) is 13.2. The zero-order chi connectivity index (χ0) is 27.9. The van der Waals surface area contributed by atoms with Gasteiger partial charge in [0.1, 0.15) is 5.75 Å². The largest absolute Gasteiger partial charge is 0.497 e. The Morgan fingerprint density at radius 3 is 1.74 bits per heavy atom. The highest BCUT2D eigenvalue weighted by atomic mass is 16.5. The third kappa shape index (κ3) is 5.19. The summed E-state index contributed by atoms with van der Waals surface area (Å²) in [6, 6.07) is 32.6. The number of methoxy groups -OCH3 is 1. The van der Waals surface area contributed by atoms with E-state index >= 15 is 0 Å². The Morgan fingerprint density at radius 2 is 1.26 bits per heavy atom. The van der Waals surface area contributed by atoms with Crippen LogP contribution in [0.3, 0.4) is 0 Å². The number of hydrogen-bond acceptors (Lipinski definition) is 6. The zero-order valence-corrected chi connectivity index (χ0v) is 22.3. The van der Waals surface area contributed by atoms with Gasteiger partial charge in [-0.25, -0.2) is 0 Å². The molecule has 0 saturated heterocycles. The molecule has 0 aliphatic heterocycles. The van der Waals surface area contributed by atoms with E-state index < -0.39 is 22.8 Å². The van der Waals surface area contributed by atoms with Crippen molar-refractivity contribution in [1.29, 1.82) is 0 Å². The summed E-state index contributed by atoms with van der Waals surface area (Å²) >= 11 is 0. The third-order valence-corrected chi connectivity index (χ3v) is 7.47. The molecule has 0 saturated carbocycles. The van der Waals surface area contributed by atoms with E-state index in [4.69, 9.17) is 21.9 Å².